The number of para-hydroxylation sites is 1. The Morgan fingerprint density at radius 3 is 2.27 bits per heavy atom. The van der Waals surface area contributed by atoms with Gasteiger partial charge in [0.25, 0.3) is 6.43 Å². The molecule has 11 nitrogen and oxygen atoms in total. The summed E-state index contributed by atoms with van der Waals surface area (Å²) in [5, 5.41) is 0. The lowest BCUT2D eigenvalue weighted by molar-refractivity contribution is -0.132. The molecule has 41 heavy (non-hydrogen) atoms. The molecule has 0 unspecified atom stereocenters. The van der Waals surface area contributed by atoms with Gasteiger partial charge in [-0.3, -0.25) is 14.3 Å². The third kappa shape index (κ3) is 5.78. The lowest BCUT2D eigenvalue weighted by atomic mass is 10.1. The van der Waals surface area contributed by atoms with Crippen molar-refractivity contribution in [3.05, 3.63) is 30.1 Å². The van der Waals surface area contributed by atoms with Crippen molar-refractivity contribution in [3.8, 4) is 11.7 Å². The van der Waals surface area contributed by atoms with E-state index in [1.54, 1.807) is 18.2 Å². The molecule has 0 N–H and O–H groups in total. The molecule has 6 rings (SSSR count). The molecule has 0 radical (unpaired) electrons. The molecule has 3 saturated heterocycles. The van der Waals surface area contributed by atoms with Gasteiger partial charge in [0, 0.05) is 45.3 Å². The third-order valence-electron chi connectivity index (χ3n) is 8.08. The van der Waals surface area contributed by atoms with Crippen molar-refractivity contribution >= 4 is 28.6 Å². The number of carbonyl (C=O) groups excluding carboxylic acids is 1. The summed E-state index contributed by atoms with van der Waals surface area (Å²) < 4.78 is 40.9. The normalized spacial score (nSPS) is 18.9. The van der Waals surface area contributed by atoms with E-state index in [9.17, 15) is 13.6 Å². The van der Waals surface area contributed by atoms with Crippen LogP contribution in [-0.4, -0.2) is 114 Å². The lowest BCUT2D eigenvalue weighted by Crippen LogP contribution is -2.52. The summed E-state index contributed by atoms with van der Waals surface area (Å²) in [7, 11) is 1.49. The fourth-order valence-electron chi connectivity index (χ4n) is 5.83. The van der Waals surface area contributed by atoms with Crippen LogP contribution in [0.15, 0.2) is 24.3 Å². The van der Waals surface area contributed by atoms with Gasteiger partial charge in [-0.25, -0.2) is 13.8 Å². The number of anilines is 2. The number of morpholine rings is 1. The van der Waals surface area contributed by atoms with E-state index in [1.165, 1.54) is 18.1 Å². The Bertz CT molecular complexity index is 1370. The average Bonchev–Trinajstić information content (AvgIpc) is 3.42. The molecule has 3 fully saturated rings. The van der Waals surface area contributed by atoms with Crippen LogP contribution in [0.1, 0.15) is 31.5 Å². The molecule has 3 aliphatic rings. The highest BCUT2D eigenvalue weighted by Gasteiger charge is 2.28. The number of benzene rings is 1. The number of hydrogen-bond donors (Lipinski definition) is 0. The zero-order valence-corrected chi connectivity index (χ0v) is 23.3. The maximum Gasteiger partial charge on any atom is 0.296 e. The van der Waals surface area contributed by atoms with Crippen LogP contribution in [0.4, 0.5) is 20.4 Å². The quantitative estimate of drug-likeness (QED) is 0.425. The topological polar surface area (TPSA) is 92.1 Å². The van der Waals surface area contributed by atoms with E-state index in [2.05, 4.69) is 19.7 Å². The van der Waals surface area contributed by atoms with Gasteiger partial charge in [0.2, 0.25) is 11.9 Å². The van der Waals surface area contributed by atoms with Gasteiger partial charge < -0.3 is 24.2 Å². The first-order chi connectivity index (χ1) is 20.0. The van der Waals surface area contributed by atoms with Crippen LogP contribution < -0.4 is 14.5 Å². The molecule has 2 aromatic heterocycles. The van der Waals surface area contributed by atoms with E-state index in [0.717, 1.165) is 25.9 Å². The summed E-state index contributed by atoms with van der Waals surface area (Å²) in [6.45, 7) is 7.13. The number of piperazine rings is 1. The largest absolute Gasteiger partial charge is 0.494 e. The fourth-order valence-corrected chi connectivity index (χ4v) is 5.83. The van der Waals surface area contributed by atoms with Crippen LogP contribution in [0.5, 0.6) is 5.75 Å². The first kappa shape index (κ1) is 27.6. The van der Waals surface area contributed by atoms with Crippen LogP contribution in [0.3, 0.4) is 0 Å². The highest BCUT2D eigenvalue weighted by molar-refractivity contribution is 5.84. The number of carbonyl (C=O) groups is 1. The van der Waals surface area contributed by atoms with Crippen LogP contribution in [0.2, 0.25) is 0 Å². The van der Waals surface area contributed by atoms with Crippen molar-refractivity contribution in [2.45, 2.75) is 25.7 Å². The number of nitrogens with zero attached hydrogens (tertiary/aromatic N) is 8. The minimum absolute atomic E-state index is 0.124. The van der Waals surface area contributed by atoms with Crippen LogP contribution in [-0.2, 0) is 9.53 Å². The number of piperidine rings is 1. The average molecular weight is 571 g/mol. The minimum atomic E-state index is -2.85. The molecule has 0 aliphatic carbocycles. The number of amides is 1. The standard InChI is InChI=1S/C28H36F2N8O3/c1-40-21-7-5-6-20-25(21)33-27(26(29)30)38(20)28-31-22(18-23(32-28)36-14-16-41-17-15-36)35-10-12-37(13-11-35)24(39)19-34-8-3-2-4-9-34/h5-7,18,26H,2-4,8-17,19H2,1H3. The Balaban J connectivity index is 1.31. The Kier molecular flexibility index (Phi) is 8.15. The van der Waals surface area contributed by atoms with Gasteiger partial charge >= 0.3 is 0 Å². The zero-order valence-electron chi connectivity index (χ0n) is 23.3. The SMILES string of the molecule is COc1cccc2c1nc(C(F)F)n2-c1nc(N2CCOCC2)cc(N2CCN(C(=O)CN3CCCCC3)CC2)n1. The highest BCUT2D eigenvalue weighted by atomic mass is 19.3. The molecule has 220 valence electrons. The van der Waals surface area contributed by atoms with E-state index in [0.29, 0.717) is 87.4 Å². The Hall–Kier alpha value is -3.58. The van der Waals surface area contributed by atoms with Crippen molar-refractivity contribution < 1.29 is 23.0 Å². The highest BCUT2D eigenvalue weighted by Crippen LogP contribution is 2.33. The number of likely N-dealkylation sites (tertiary alicyclic amines) is 1. The monoisotopic (exact) mass is 570 g/mol. The second-order valence-electron chi connectivity index (χ2n) is 10.6. The number of methoxy groups -OCH3 is 1. The number of alkyl halides is 2. The van der Waals surface area contributed by atoms with Crippen LogP contribution in [0, 0.1) is 0 Å². The second kappa shape index (κ2) is 12.1. The van der Waals surface area contributed by atoms with Crippen LogP contribution >= 0.6 is 0 Å². The van der Waals surface area contributed by atoms with Gasteiger partial charge in [-0.1, -0.05) is 12.5 Å². The molecule has 3 aliphatic heterocycles. The van der Waals surface area contributed by atoms with Gasteiger partial charge in [-0.05, 0) is 38.1 Å². The molecule has 1 amide bonds. The van der Waals surface area contributed by atoms with Gasteiger partial charge in [0.15, 0.2) is 5.82 Å². The Morgan fingerprint density at radius 1 is 0.927 bits per heavy atom. The number of fused-ring (bicyclic) bond motifs is 1. The maximum atomic E-state index is 14.3. The number of rotatable bonds is 7. The lowest BCUT2D eigenvalue weighted by Gasteiger charge is -2.37. The smallest absolute Gasteiger partial charge is 0.296 e. The molecular formula is C28H36F2N8O3. The van der Waals surface area contributed by atoms with Gasteiger partial charge in [0.1, 0.15) is 22.9 Å². The fraction of sp³-hybridized carbons (Fsp3) is 0.571. The second-order valence-corrected chi connectivity index (χ2v) is 10.6. The predicted octanol–water partition coefficient (Wildman–Crippen LogP) is 2.73. The molecular weight excluding hydrogens is 534 g/mol. The summed E-state index contributed by atoms with van der Waals surface area (Å²) in [5.74, 6) is 1.51. The number of hydrogen-bond acceptors (Lipinski definition) is 9. The maximum absolute atomic E-state index is 14.3. The number of imidazole rings is 1. The van der Waals surface area contributed by atoms with Gasteiger partial charge in [-0.15, -0.1) is 0 Å². The molecule has 3 aromatic rings. The van der Waals surface area contributed by atoms with E-state index >= 15 is 0 Å². The molecule has 0 saturated carbocycles. The number of ether oxygens (including phenoxy) is 2. The first-order valence-corrected chi connectivity index (χ1v) is 14.3. The predicted molar refractivity (Wildman–Crippen MR) is 150 cm³/mol. The number of halogens is 2. The zero-order chi connectivity index (χ0) is 28.3. The molecule has 1 aromatic carbocycles. The third-order valence-corrected chi connectivity index (χ3v) is 8.08. The van der Waals surface area contributed by atoms with E-state index < -0.39 is 12.2 Å². The summed E-state index contributed by atoms with van der Waals surface area (Å²) in [6, 6.07) is 7.05. The van der Waals surface area contributed by atoms with Crippen molar-refractivity contribution in [2.24, 2.45) is 0 Å². The number of aromatic nitrogens is 4. The van der Waals surface area contributed by atoms with Crippen molar-refractivity contribution in [1.82, 2.24) is 29.3 Å². The van der Waals surface area contributed by atoms with Crippen LogP contribution in [0.25, 0.3) is 17.0 Å². The summed E-state index contributed by atoms with van der Waals surface area (Å²) >= 11 is 0. The molecule has 13 heteroatoms. The summed E-state index contributed by atoms with van der Waals surface area (Å²) in [4.78, 5) is 35.1. The van der Waals surface area contributed by atoms with E-state index in [-0.39, 0.29) is 11.9 Å². The first-order valence-electron chi connectivity index (χ1n) is 14.3. The van der Waals surface area contributed by atoms with Crippen molar-refractivity contribution in [2.75, 3.05) is 89.0 Å². The van der Waals surface area contributed by atoms with E-state index in [4.69, 9.17) is 19.4 Å². The molecule has 5 heterocycles. The molecule has 0 spiro atoms. The van der Waals surface area contributed by atoms with Crippen molar-refractivity contribution in [1.29, 1.82) is 0 Å². The molecule has 0 bridgehead atoms. The van der Waals surface area contributed by atoms with Crippen molar-refractivity contribution in [3.63, 3.8) is 0 Å². The Morgan fingerprint density at radius 2 is 1.61 bits per heavy atom. The summed E-state index contributed by atoms with van der Waals surface area (Å²) in [6.07, 6.45) is 0.683. The van der Waals surface area contributed by atoms with Gasteiger partial charge in [-0.2, -0.15) is 9.97 Å². The minimum Gasteiger partial charge on any atom is -0.494 e. The Labute approximate surface area is 237 Å². The summed E-state index contributed by atoms with van der Waals surface area (Å²) in [5.41, 5.74) is 0.769. The molecule has 0 atom stereocenters. The van der Waals surface area contributed by atoms with Gasteiger partial charge in [0.05, 0.1) is 32.4 Å². The van der Waals surface area contributed by atoms with E-state index in [1.807, 2.05) is 11.0 Å².